The number of aryl methyl sites for hydroxylation is 4. The lowest BCUT2D eigenvalue weighted by Gasteiger charge is -2.26. The lowest BCUT2D eigenvalue weighted by Crippen LogP contribution is -3.00. The van der Waals surface area contributed by atoms with Crippen LogP contribution in [0.15, 0.2) is 61.2 Å². The largest absolute Gasteiger partial charge is 1.00 e. The second-order valence-electron chi connectivity index (χ2n) is 21.6. The molecule has 5 N–H and O–H groups in total. The van der Waals surface area contributed by atoms with Crippen molar-refractivity contribution in [2.45, 2.75) is 93.3 Å². The van der Waals surface area contributed by atoms with Crippen LogP contribution >= 0.6 is 12.4 Å². The minimum Gasteiger partial charge on any atom is -1.00 e. The van der Waals surface area contributed by atoms with Crippen molar-refractivity contribution in [2.75, 3.05) is 94.2 Å². The Morgan fingerprint density at radius 1 is 0.663 bits per heavy atom. The van der Waals surface area contributed by atoms with E-state index in [2.05, 4.69) is 62.6 Å². The van der Waals surface area contributed by atoms with Gasteiger partial charge in [-0.1, -0.05) is 3.97 Å². The van der Waals surface area contributed by atoms with Crippen LogP contribution in [-0.2, 0) is 39.5 Å². The van der Waals surface area contributed by atoms with Crippen LogP contribution in [0.5, 0.6) is 0 Å². The monoisotopic (exact) mass is 1230 g/mol. The van der Waals surface area contributed by atoms with Gasteiger partial charge in [-0.15, -0.1) is 20.8 Å². The number of halogens is 2. The second kappa shape index (κ2) is 29.8. The Hall–Kier alpha value is -7.33. The zero-order valence-corrected chi connectivity index (χ0v) is 52.2. The fraction of sp³-hybridized carbons (Fsp3) is 0.473. The van der Waals surface area contributed by atoms with Gasteiger partial charge in [-0.3, -0.25) is 19.6 Å². The van der Waals surface area contributed by atoms with Gasteiger partial charge in [0.1, 0.15) is 23.3 Å². The lowest BCUT2D eigenvalue weighted by molar-refractivity contribution is -0.512. The highest BCUT2D eigenvalue weighted by atomic mass is 35.5. The van der Waals surface area contributed by atoms with E-state index in [0.29, 0.717) is 63.4 Å². The van der Waals surface area contributed by atoms with E-state index < -0.39 is 56.3 Å². The van der Waals surface area contributed by atoms with E-state index in [4.69, 9.17) is 15.2 Å². The Labute approximate surface area is 499 Å². The molecular formula is C55H76Cl2N14O10S2. The molecule has 0 saturated carbocycles. The minimum atomic E-state index is -4.27. The summed E-state index contributed by atoms with van der Waals surface area (Å²) in [6.07, 6.45) is 5.27. The maximum Gasteiger partial charge on any atom is 0.474 e. The molecule has 5 aromatic rings. The van der Waals surface area contributed by atoms with Crippen molar-refractivity contribution in [2.24, 2.45) is 5.73 Å². The number of amides is 4. The molecule has 0 aliphatic carbocycles. The van der Waals surface area contributed by atoms with E-state index in [1.165, 1.54) is 23.5 Å². The number of ether oxygens (including phenoxy) is 2. The number of nitrogens with two attached hydrogens (primary N) is 1. The SMILES string of the molecule is CN(C)c1cc[n+](S(=O)(=O)NC(=O)OC(C)(C)C)cc1.Cc1cc2ncc(C#N)c(N3CCCN(C(=O)CN)CC3)c2cc1C.Cc1cc2ncc(C#N)c(N3CCCN(C(=O)CNS(=O)(=O)NC(=O)OC(C)(C)C)CC3)c2cc1C.Cl.[Cl-]. The first-order valence-corrected chi connectivity index (χ1v) is 29.1. The zero-order chi connectivity index (χ0) is 60.2. The summed E-state index contributed by atoms with van der Waals surface area (Å²) in [6, 6.07) is 16.0. The number of carbonyl (C=O) groups is 4. The number of anilines is 3. The molecule has 2 aliphatic heterocycles. The third-order valence-corrected chi connectivity index (χ3v) is 15.1. The molecule has 5 heterocycles. The van der Waals surface area contributed by atoms with Gasteiger partial charge < -0.3 is 52.1 Å². The number of fused-ring (bicyclic) bond motifs is 2. The van der Waals surface area contributed by atoms with Crippen LogP contribution in [0.2, 0.25) is 0 Å². The first-order chi connectivity index (χ1) is 37.8. The van der Waals surface area contributed by atoms with E-state index in [1.54, 1.807) is 75.7 Å². The lowest BCUT2D eigenvalue weighted by atomic mass is 10.0. The smallest absolute Gasteiger partial charge is 0.474 e. The Kier molecular flexibility index (Phi) is 25.1. The molecule has 2 aliphatic rings. The normalized spacial score (nSPS) is 13.8. The molecule has 0 bridgehead atoms. The van der Waals surface area contributed by atoms with Gasteiger partial charge in [0.25, 0.3) is 0 Å². The highest BCUT2D eigenvalue weighted by molar-refractivity contribution is 7.88. The molecule has 452 valence electrons. The van der Waals surface area contributed by atoms with Crippen molar-refractivity contribution in [1.29, 1.82) is 10.5 Å². The van der Waals surface area contributed by atoms with Gasteiger partial charge in [-0.05, 0) is 129 Å². The molecule has 83 heavy (non-hydrogen) atoms. The number of nitrogens with one attached hydrogen (secondary N) is 3. The van der Waals surface area contributed by atoms with Crippen molar-refractivity contribution >= 4 is 95.7 Å². The molecule has 24 nitrogen and oxygen atoms in total. The fourth-order valence-corrected chi connectivity index (χ4v) is 10.1. The maximum atomic E-state index is 12.7. The van der Waals surface area contributed by atoms with E-state index in [0.717, 1.165) is 66.9 Å². The van der Waals surface area contributed by atoms with Gasteiger partial charge in [0, 0.05) is 107 Å². The van der Waals surface area contributed by atoms with Crippen molar-refractivity contribution in [1.82, 2.24) is 33.9 Å². The summed E-state index contributed by atoms with van der Waals surface area (Å²) >= 11 is 0. The predicted octanol–water partition coefficient (Wildman–Crippen LogP) is 1.93. The number of hydrogen-bond donors (Lipinski definition) is 4. The van der Waals surface area contributed by atoms with Gasteiger partial charge in [0.15, 0.2) is 12.4 Å². The average molecular weight is 1230 g/mol. The number of aromatic nitrogens is 3. The highest BCUT2D eigenvalue weighted by Gasteiger charge is 2.30. The molecule has 28 heteroatoms. The van der Waals surface area contributed by atoms with Crippen LogP contribution in [0.1, 0.15) is 87.8 Å². The molecule has 2 aromatic carbocycles. The Morgan fingerprint density at radius 2 is 1.07 bits per heavy atom. The van der Waals surface area contributed by atoms with Gasteiger partial charge in [-0.25, -0.2) is 14.3 Å². The Balaban J connectivity index is 0.000000338. The zero-order valence-electron chi connectivity index (χ0n) is 49.0. The van der Waals surface area contributed by atoms with Crippen LogP contribution in [0, 0.1) is 50.4 Å². The minimum absolute atomic E-state index is 0. The molecule has 7 rings (SSSR count). The van der Waals surface area contributed by atoms with Gasteiger partial charge in [0.05, 0.1) is 46.6 Å². The first-order valence-electron chi connectivity index (χ1n) is 26.2. The number of nitrogens with zero attached hydrogens (tertiary/aromatic N) is 10. The summed E-state index contributed by atoms with van der Waals surface area (Å²) in [5, 5.41) is 21.2. The molecule has 2 saturated heterocycles. The summed E-state index contributed by atoms with van der Waals surface area (Å²) in [5.41, 5.74) is 13.7. The molecule has 0 unspecified atom stereocenters. The average Bonchev–Trinajstić information content (AvgIpc) is 3.81. The Morgan fingerprint density at radius 3 is 1.47 bits per heavy atom. The number of rotatable bonds is 10. The number of benzene rings is 2. The fourth-order valence-electron chi connectivity index (χ4n) is 8.66. The molecule has 3 aromatic heterocycles. The first kappa shape index (κ1) is 69.9. The summed E-state index contributed by atoms with van der Waals surface area (Å²) < 4.78 is 64.6. The molecule has 4 amide bonds. The second-order valence-corrected chi connectivity index (χ2v) is 24.7. The van der Waals surface area contributed by atoms with Crippen LogP contribution < -0.4 is 51.0 Å². The third-order valence-electron chi connectivity index (χ3n) is 12.9. The van der Waals surface area contributed by atoms with Crippen molar-refractivity contribution in [3.8, 4) is 12.1 Å². The van der Waals surface area contributed by atoms with E-state index >= 15 is 0 Å². The summed E-state index contributed by atoms with van der Waals surface area (Å²) in [6.45, 7) is 22.2. The summed E-state index contributed by atoms with van der Waals surface area (Å²) in [4.78, 5) is 66.3. The number of pyridine rings is 3. The molecule has 0 atom stereocenters. The van der Waals surface area contributed by atoms with Crippen LogP contribution in [0.3, 0.4) is 0 Å². The quantitative estimate of drug-likeness (QED) is 0.145. The predicted molar refractivity (Wildman–Crippen MR) is 316 cm³/mol. The third kappa shape index (κ3) is 19.9. The van der Waals surface area contributed by atoms with Crippen LogP contribution in [-0.4, -0.2) is 151 Å². The van der Waals surface area contributed by atoms with Gasteiger partial charge in [-0.2, -0.15) is 28.4 Å². The number of nitriles is 2. The highest BCUT2D eigenvalue weighted by Crippen LogP contribution is 2.34. The summed E-state index contributed by atoms with van der Waals surface area (Å²) in [7, 11) is -4.59. The van der Waals surface area contributed by atoms with Crippen molar-refractivity contribution in [3.05, 3.63) is 94.6 Å². The summed E-state index contributed by atoms with van der Waals surface area (Å²) in [5.74, 6) is -0.439. The topological polar surface area (TPSA) is 311 Å². The number of carbonyl (C=O) groups excluding carboxylic acids is 4. The van der Waals surface area contributed by atoms with Crippen molar-refractivity contribution in [3.63, 3.8) is 0 Å². The van der Waals surface area contributed by atoms with E-state index in [9.17, 15) is 46.5 Å². The Bertz CT molecular complexity index is 3460. The van der Waals surface area contributed by atoms with E-state index in [1.807, 2.05) is 54.6 Å². The maximum absolute atomic E-state index is 12.7. The van der Waals surface area contributed by atoms with Gasteiger partial charge >= 0.3 is 32.6 Å². The standard InChI is InChI=1S/C24H32N6O5S.C19H23N5O.C12H19N3O4S.2ClH/c1-16-11-19-20(12-17(16)2)26-14-18(13-25)22(19)30-8-6-7-29(9-10-30)21(31)15-27-36(33,34)28-23(32)35-24(3,4)5;1-13-8-16-17(9-14(13)2)22-12-15(10-20)19(16)24-5-3-4-23(6-7-24)18(25)11-21;1-12(2,3)19-11(16)13-20(17,18)15-8-6-10(7-9-15)14(4)5;;/h11-12,14,27H,6-10,15H2,1-5H3,(H,28,32);8-9,12H,3-7,11,21H2,1-2H3;6-9H,1-5H3;2*1H. The van der Waals surface area contributed by atoms with Crippen LogP contribution in [0.25, 0.3) is 21.8 Å². The van der Waals surface area contributed by atoms with E-state index in [-0.39, 0.29) is 37.3 Å². The van der Waals surface area contributed by atoms with Gasteiger partial charge in [0.2, 0.25) is 11.8 Å². The molecule has 0 radical (unpaired) electrons. The number of hydrogen-bond acceptors (Lipinski definition) is 18. The molecule has 0 spiro atoms. The molecular weight excluding hydrogens is 1150 g/mol. The van der Waals surface area contributed by atoms with Crippen LogP contribution in [0.4, 0.5) is 26.7 Å². The molecule has 2 fully saturated rings. The van der Waals surface area contributed by atoms with Crippen molar-refractivity contribution < 1.29 is 61.9 Å².